The van der Waals surface area contributed by atoms with Gasteiger partial charge in [0.1, 0.15) is 16.5 Å². The van der Waals surface area contributed by atoms with Crippen molar-refractivity contribution in [1.29, 1.82) is 0 Å². The lowest BCUT2D eigenvalue weighted by atomic mass is 9.82. The summed E-state index contributed by atoms with van der Waals surface area (Å²) in [7, 11) is 1.53. The molecule has 0 saturated carbocycles. The summed E-state index contributed by atoms with van der Waals surface area (Å²) in [4.78, 5) is 26.9. The molecule has 1 unspecified atom stereocenters. The number of fused-ring (bicyclic) bond motifs is 1. The fourth-order valence-corrected chi connectivity index (χ4v) is 3.48. The van der Waals surface area contributed by atoms with Crippen LogP contribution >= 0.6 is 11.6 Å². The van der Waals surface area contributed by atoms with E-state index in [2.05, 4.69) is 4.98 Å². The number of H-pyrrole nitrogens is 1. The van der Waals surface area contributed by atoms with Gasteiger partial charge in [0.05, 0.1) is 7.11 Å². The van der Waals surface area contributed by atoms with Crippen LogP contribution in [-0.4, -0.2) is 33.8 Å². The van der Waals surface area contributed by atoms with E-state index in [1.165, 1.54) is 7.11 Å². The minimum Gasteiger partial charge on any atom is -0.497 e. The number of Topliss-reactive ketones (excluding diaryl/α,β-unsaturated/α-hetero) is 1. The maximum absolute atomic E-state index is 13.1. The average Bonchev–Trinajstić information content (AvgIpc) is 2.91. The number of benzene rings is 1. The molecule has 25 heavy (non-hydrogen) atoms. The van der Waals surface area contributed by atoms with Crippen molar-refractivity contribution in [1.82, 2.24) is 4.98 Å². The minimum absolute atomic E-state index is 0.262. The van der Waals surface area contributed by atoms with E-state index >= 15 is 0 Å². The lowest BCUT2D eigenvalue weighted by molar-refractivity contribution is -0.143. The predicted octanol–water partition coefficient (Wildman–Crippen LogP) is 3.72. The highest BCUT2D eigenvalue weighted by Crippen LogP contribution is 2.38. The third-order valence-corrected chi connectivity index (χ3v) is 4.94. The largest absolute Gasteiger partial charge is 0.497 e. The van der Waals surface area contributed by atoms with E-state index in [-0.39, 0.29) is 6.42 Å². The molecule has 1 aliphatic carbocycles. The summed E-state index contributed by atoms with van der Waals surface area (Å²) in [5.41, 5.74) is 1.80. The van der Waals surface area contributed by atoms with Crippen LogP contribution < -0.4 is 4.74 Å². The molecule has 1 heterocycles. The number of ether oxygens (including phenoxy) is 1. The van der Waals surface area contributed by atoms with Crippen LogP contribution in [0.5, 0.6) is 5.75 Å². The molecule has 130 valence electrons. The Hall–Kier alpha value is -2.53. The van der Waals surface area contributed by atoms with Crippen molar-refractivity contribution in [3.8, 4) is 5.75 Å². The zero-order valence-corrected chi connectivity index (χ0v) is 14.6. The number of halogens is 1. The molecule has 0 saturated heterocycles. The monoisotopic (exact) mass is 359 g/mol. The van der Waals surface area contributed by atoms with E-state index < -0.39 is 22.5 Å². The van der Waals surface area contributed by atoms with Gasteiger partial charge >= 0.3 is 5.97 Å². The second-order valence-corrected chi connectivity index (χ2v) is 6.74. The van der Waals surface area contributed by atoms with Crippen molar-refractivity contribution in [3.63, 3.8) is 0 Å². The third kappa shape index (κ3) is 2.96. The summed E-state index contributed by atoms with van der Waals surface area (Å²) in [6, 6.07) is 5.31. The highest BCUT2D eigenvalue weighted by Gasteiger charge is 2.43. The molecule has 1 aromatic heterocycles. The van der Waals surface area contributed by atoms with Crippen LogP contribution in [0.3, 0.4) is 0 Å². The number of ketones is 1. The van der Waals surface area contributed by atoms with Crippen LogP contribution in [0.25, 0.3) is 10.9 Å². The fraction of sp³-hybridized carbons (Fsp3) is 0.263. The van der Waals surface area contributed by atoms with Crippen LogP contribution in [0.2, 0.25) is 0 Å². The van der Waals surface area contributed by atoms with Crippen molar-refractivity contribution < 1.29 is 19.4 Å². The van der Waals surface area contributed by atoms with Crippen LogP contribution in [-0.2, 0) is 9.59 Å². The molecule has 6 heteroatoms. The van der Waals surface area contributed by atoms with Gasteiger partial charge in [-0.2, -0.15) is 0 Å². The maximum Gasteiger partial charge on any atom is 0.318 e. The number of carbonyl (C=O) groups is 2. The Morgan fingerprint density at radius 1 is 1.36 bits per heavy atom. The standard InChI is InChI=1S/C19H18ClNO4/c1-11-15(13-10-12(25-2)6-7-14(13)21-11)16(18(23)24)17(22)19(20)8-4-3-5-9-19/h3-8,10,16,21H,9H2,1-2H3,(H,23,24)/t16-,19?/m1/s1. The number of carbonyl (C=O) groups excluding carboxylic acids is 1. The smallest absolute Gasteiger partial charge is 0.318 e. The molecule has 2 atom stereocenters. The van der Waals surface area contributed by atoms with Gasteiger partial charge in [-0.25, -0.2) is 0 Å². The van der Waals surface area contributed by atoms with Crippen molar-refractivity contribution >= 4 is 34.3 Å². The normalized spacial score (nSPS) is 20.6. The van der Waals surface area contributed by atoms with Crippen LogP contribution in [0.15, 0.2) is 42.5 Å². The molecule has 0 spiro atoms. The Kier molecular flexibility index (Phi) is 4.43. The van der Waals surface area contributed by atoms with Gasteiger partial charge in [0.2, 0.25) is 0 Å². The molecular formula is C19H18ClNO4. The number of carboxylic acid groups (broad SMARTS) is 1. The summed E-state index contributed by atoms with van der Waals surface area (Å²) in [5, 5.41) is 10.5. The first-order valence-corrected chi connectivity index (χ1v) is 8.22. The lowest BCUT2D eigenvalue weighted by Gasteiger charge is -2.26. The number of nitrogens with one attached hydrogen (secondary N) is 1. The molecule has 3 rings (SSSR count). The number of aliphatic carboxylic acids is 1. The number of carboxylic acids is 1. The van der Waals surface area contributed by atoms with Gasteiger partial charge in [0.25, 0.3) is 0 Å². The van der Waals surface area contributed by atoms with Crippen molar-refractivity contribution in [2.75, 3.05) is 7.11 Å². The topological polar surface area (TPSA) is 79.4 Å². The Balaban J connectivity index is 2.16. The van der Waals surface area contributed by atoms with Gasteiger partial charge in [0, 0.05) is 22.2 Å². The first kappa shape index (κ1) is 17.3. The zero-order valence-electron chi connectivity index (χ0n) is 13.9. The Morgan fingerprint density at radius 3 is 2.72 bits per heavy atom. The summed E-state index contributed by atoms with van der Waals surface area (Å²) in [5.74, 6) is -2.55. The molecule has 2 aromatic rings. The second-order valence-electron chi connectivity index (χ2n) is 6.06. The fourth-order valence-electron chi connectivity index (χ4n) is 3.21. The van der Waals surface area contributed by atoms with Gasteiger partial charge in [-0.3, -0.25) is 9.59 Å². The number of alkyl halides is 1. The summed E-state index contributed by atoms with van der Waals surface area (Å²) in [6.07, 6.45) is 7.02. The molecule has 1 aliphatic rings. The lowest BCUT2D eigenvalue weighted by Crippen LogP contribution is -2.38. The first-order chi connectivity index (χ1) is 11.9. The number of aryl methyl sites for hydroxylation is 1. The number of rotatable bonds is 5. The van der Waals surface area contributed by atoms with E-state index in [0.29, 0.717) is 22.4 Å². The van der Waals surface area contributed by atoms with E-state index in [0.717, 1.165) is 5.52 Å². The molecule has 5 nitrogen and oxygen atoms in total. The number of hydrogen-bond donors (Lipinski definition) is 2. The highest BCUT2D eigenvalue weighted by atomic mass is 35.5. The van der Waals surface area contributed by atoms with Crippen molar-refractivity contribution in [3.05, 3.63) is 53.8 Å². The number of allylic oxidation sites excluding steroid dienone is 4. The summed E-state index contributed by atoms with van der Waals surface area (Å²) < 4.78 is 5.23. The molecule has 2 N–H and O–H groups in total. The van der Waals surface area contributed by atoms with E-state index in [1.54, 1.807) is 49.4 Å². The highest BCUT2D eigenvalue weighted by molar-refractivity contribution is 6.39. The maximum atomic E-state index is 13.1. The van der Waals surface area contributed by atoms with E-state index in [4.69, 9.17) is 16.3 Å². The van der Waals surface area contributed by atoms with Crippen LogP contribution in [0.1, 0.15) is 23.6 Å². The summed E-state index contributed by atoms with van der Waals surface area (Å²) >= 11 is 6.46. The Labute approximate surface area is 149 Å². The molecule has 0 aliphatic heterocycles. The number of aromatic amines is 1. The molecule has 0 bridgehead atoms. The number of aromatic nitrogens is 1. The molecule has 0 radical (unpaired) electrons. The average molecular weight is 360 g/mol. The van der Waals surface area contributed by atoms with Gasteiger partial charge in [0.15, 0.2) is 5.78 Å². The number of methoxy groups -OCH3 is 1. The molecule has 0 fully saturated rings. The predicted molar refractivity (Wildman–Crippen MR) is 96.5 cm³/mol. The first-order valence-electron chi connectivity index (χ1n) is 7.84. The minimum atomic E-state index is -1.37. The molecular weight excluding hydrogens is 342 g/mol. The van der Waals surface area contributed by atoms with Crippen molar-refractivity contribution in [2.24, 2.45) is 0 Å². The zero-order chi connectivity index (χ0) is 18.2. The van der Waals surface area contributed by atoms with Crippen molar-refractivity contribution in [2.45, 2.75) is 24.1 Å². The number of hydrogen-bond acceptors (Lipinski definition) is 3. The van der Waals surface area contributed by atoms with E-state index in [1.807, 2.05) is 0 Å². The van der Waals surface area contributed by atoms with Gasteiger partial charge in [-0.1, -0.05) is 24.3 Å². The Bertz CT molecular complexity index is 912. The SMILES string of the molecule is COc1ccc2[nH]c(C)c([C@@H](C(=O)O)C(=O)C3(Cl)C=CC=CC3)c2c1. The van der Waals surface area contributed by atoms with Crippen LogP contribution in [0.4, 0.5) is 0 Å². The molecule has 0 amide bonds. The Morgan fingerprint density at radius 2 is 2.12 bits per heavy atom. The molecule has 1 aromatic carbocycles. The van der Waals surface area contributed by atoms with E-state index in [9.17, 15) is 14.7 Å². The second kappa shape index (κ2) is 6.41. The quantitative estimate of drug-likeness (QED) is 0.630. The van der Waals surface area contributed by atoms with Gasteiger partial charge in [-0.15, -0.1) is 11.6 Å². The third-order valence-electron chi connectivity index (χ3n) is 4.47. The van der Waals surface area contributed by atoms with Gasteiger partial charge in [-0.05, 0) is 31.5 Å². The van der Waals surface area contributed by atoms with Gasteiger partial charge < -0.3 is 14.8 Å². The van der Waals surface area contributed by atoms with Crippen LogP contribution in [0, 0.1) is 6.92 Å². The summed E-state index contributed by atoms with van der Waals surface area (Å²) in [6.45, 7) is 1.75.